The lowest BCUT2D eigenvalue weighted by atomic mass is 9.43. The molecule has 8 fully saturated rings. The van der Waals surface area contributed by atoms with E-state index in [9.17, 15) is 14.7 Å². The van der Waals surface area contributed by atoms with Crippen LogP contribution in [0.3, 0.4) is 0 Å². The number of nitrogens with zero attached hydrogens (tertiary/aromatic N) is 2. The summed E-state index contributed by atoms with van der Waals surface area (Å²) < 4.78 is 19.7. The highest BCUT2D eigenvalue weighted by Gasteiger charge is 2.85. The minimum absolute atomic E-state index is 0.0169. The quantitative estimate of drug-likeness (QED) is 0.403. The van der Waals surface area contributed by atoms with Crippen LogP contribution in [-0.4, -0.2) is 96.8 Å². The van der Waals surface area contributed by atoms with Crippen LogP contribution in [-0.2, 0) is 23.8 Å². The highest BCUT2D eigenvalue weighted by Crippen LogP contribution is 2.87. The summed E-state index contributed by atoms with van der Waals surface area (Å²) in [5.74, 6) is 2.43. The summed E-state index contributed by atoms with van der Waals surface area (Å²) in [6.45, 7) is 11.3. The van der Waals surface area contributed by atoms with E-state index in [0.717, 1.165) is 38.5 Å². The van der Waals surface area contributed by atoms with Crippen molar-refractivity contribution in [1.29, 1.82) is 0 Å². The van der Waals surface area contributed by atoms with Crippen molar-refractivity contribution >= 4 is 11.8 Å². The van der Waals surface area contributed by atoms with Crippen LogP contribution < -0.4 is 5.73 Å². The molecule has 2 heterocycles. The third-order valence-electron chi connectivity index (χ3n) is 16.3. The number of rotatable bonds is 7. The fraction of sp³-hybridized carbons (Fsp3) is 0.949. The van der Waals surface area contributed by atoms with E-state index in [1.165, 1.54) is 25.7 Å². The maximum absolute atomic E-state index is 12.9. The van der Waals surface area contributed by atoms with Crippen LogP contribution in [0.4, 0.5) is 0 Å². The van der Waals surface area contributed by atoms with E-state index in [-0.39, 0.29) is 69.9 Å². The number of carbonyl (C=O) groups excluding carboxylic acids is 2. The van der Waals surface area contributed by atoms with Crippen molar-refractivity contribution in [3.05, 3.63) is 0 Å². The van der Waals surface area contributed by atoms with Crippen molar-refractivity contribution in [2.75, 3.05) is 33.8 Å². The minimum atomic E-state index is -0.694. The highest BCUT2D eigenvalue weighted by molar-refractivity contribution is 5.77. The summed E-state index contributed by atoms with van der Waals surface area (Å²) in [5.41, 5.74) is 7.34. The Labute approximate surface area is 288 Å². The van der Waals surface area contributed by atoms with Crippen LogP contribution in [0.1, 0.15) is 111 Å². The highest BCUT2D eigenvalue weighted by atomic mass is 16.7. The van der Waals surface area contributed by atoms with Gasteiger partial charge < -0.3 is 34.9 Å². The maximum atomic E-state index is 12.9. The molecule has 9 heteroatoms. The zero-order valence-corrected chi connectivity index (χ0v) is 30.5. The number of aliphatic hydroxyl groups is 1. The predicted octanol–water partition coefficient (Wildman–Crippen LogP) is 4.73. The van der Waals surface area contributed by atoms with Crippen LogP contribution in [0.2, 0.25) is 0 Å². The molecule has 6 aliphatic carbocycles. The third kappa shape index (κ3) is 4.71. The maximum Gasteiger partial charge on any atom is 0.223 e. The second-order valence-corrected chi connectivity index (χ2v) is 19.0. The van der Waals surface area contributed by atoms with Gasteiger partial charge in [-0.1, -0.05) is 27.7 Å². The summed E-state index contributed by atoms with van der Waals surface area (Å²) >= 11 is 0. The van der Waals surface area contributed by atoms with Gasteiger partial charge in [-0.15, -0.1) is 0 Å². The molecule has 9 nitrogen and oxygen atoms in total. The van der Waals surface area contributed by atoms with Crippen molar-refractivity contribution in [2.24, 2.45) is 57.0 Å². The Hall–Kier alpha value is -1.26. The third-order valence-corrected chi connectivity index (χ3v) is 16.3. The lowest BCUT2D eigenvalue weighted by molar-refractivity contribution is -0.245. The van der Waals surface area contributed by atoms with Gasteiger partial charge in [-0.05, 0) is 122 Å². The molecule has 8 aliphatic rings. The molecule has 2 amide bonds. The number of nitrogens with two attached hydrogens (primary N) is 1. The van der Waals surface area contributed by atoms with Crippen LogP contribution in [0.25, 0.3) is 0 Å². The normalized spacial score (nSPS) is 50.3. The average Bonchev–Trinajstić information content (AvgIpc) is 3.96. The molecule has 48 heavy (non-hydrogen) atoms. The average molecular weight is 670 g/mol. The van der Waals surface area contributed by atoms with Crippen LogP contribution in [0, 0.1) is 51.2 Å². The van der Waals surface area contributed by atoms with E-state index in [4.69, 9.17) is 19.9 Å². The number of hydrogen-bond donors (Lipinski definition) is 2. The largest absolute Gasteiger partial charge is 0.388 e. The van der Waals surface area contributed by atoms with Gasteiger partial charge in [0.15, 0.2) is 6.29 Å². The molecule has 0 aromatic carbocycles. The van der Waals surface area contributed by atoms with Crippen molar-refractivity contribution in [3.63, 3.8) is 0 Å². The molecule has 0 bridgehead atoms. The van der Waals surface area contributed by atoms with E-state index >= 15 is 0 Å². The van der Waals surface area contributed by atoms with E-state index in [2.05, 4.69) is 27.7 Å². The molecule has 2 saturated heterocycles. The van der Waals surface area contributed by atoms with Gasteiger partial charge in [-0.3, -0.25) is 9.59 Å². The second kappa shape index (κ2) is 11.4. The Balaban J connectivity index is 0.981. The summed E-state index contributed by atoms with van der Waals surface area (Å²) in [6, 6.07) is 0. The molecular formula is C39H63N3O6. The first-order valence-electron chi connectivity index (χ1n) is 19.6. The number of aliphatic hydroxyl groups excluding tert-OH is 1. The fourth-order valence-corrected chi connectivity index (χ4v) is 13.8. The Morgan fingerprint density at radius 2 is 1.75 bits per heavy atom. The van der Waals surface area contributed by atoms with E-state index in [1.54, 1.807) is 19.0 Å². The molecule has 0 radical (unpaired) electrons. The lowest BCUT2D eigenvalue weighted by Gasteiger charge is -2.63. The first-order chi connectivity index (χ1) is 22.7. The lowest BCUT2D eigenvalue weighted by Crippen LogP contribution is -2.70. The van der Waals surface area contributed by atoms with Crippen molar-refractivity contribution in [3.8, 4) is 0 Å². The number of carbonyl (C=O) groups is 2. The van der Waals surface area contributed by atoms with E-state index < -0.39 is 11.6 Å². The fourth-order valence-electron chi connectivity index (χ4n) is 13.8. The van der Waals surface area contributed by atoms with Crippen molar-refractivity contribution in [1.82, 2.24) is 9.80 Å². The molecule has 6 saturated carbocycles. The summed E-state index contributed by atoms with van der Waals surface area (Å²) in [5, 5.41) is 12.4. The van der Waals surface area contributed by atoms with Gasteiger partial charge >= 0.3 is 0 Å². The number of ether oxygens (including phenoxy) is 3. The summed E-state index contributed by atoms with van der Waals surface area (Å²) in [6.07, 6.45) is 11.7. The first-order valence-corrected chi connectivity index (χ1v) is 19.6. The molecule has 13 unspecified atom stereocenters. The zero-order chi connectivity index (χ0) is 34.0. The topological polar surface area (TPSA) is 115 Å². The molecule has 13 atom stereocenters. The smallest absolute Gasteiger partial charge is 0.223 e. The monoisotopic (exact) mass is 669 g/mol. The molecule has 0 aromatic rings. The molecule has 2 aliphatic heterocycles. The van der Waals surface area contributed by atoms with Crippen LogP contribution in [0.5, 0.6) is 0 Å². The van der Waals surface area contributed by atoms with Crippen LogP contribution in [0.15, 0.2) is 0 Å². The number of fused-ring (bicyclic) bond motifs is 4. The van der Waals surface area contributed by atoms with Crippen molar-refractivity contribution in [2.45, 2.75) is 147 Å². The van der Waals surface area contributed by atoms with Crippen molar-refractivity contribution < 1.29 is 28.9 Å². The first kappa shape index (κ1) is 33.9. The number of hydrogen-bond acceptors (Lipinski definition) is 7. The van der Waals surface area contributed by atoms with Gasteiger partial charge in [-0.2, -0.15) is 0 Å². The Morgan fingerprint density at radius 3 is 2.48 bits per heavy atom. The molecule has 2 spiro atoms. The van der Waals surface area contributed by atoms with Gasteiger partial charge in [0.1, 0.15) is 0 Å². The number of morpholine rings is 1. The zero-order valence-electron chi connectivity index (χ0n) is 30.5. The standard InChI is InChI=1S/C39H63N3O6/c1-23-19-25(9-12-29(43)41(5)6)47-33-32(23)36(4)15-16-38-22-37(38)14-13-28(35(2,3)26(37)10-11-27(38)39(36,40)34(33)45)48-31-21-42(17-18-46-31)30(44)20-24-7-8-24/h23-28,31-34,45H,7-22,40H2,1-6H3. The predicted molar refractivity (Wildman–Crippen MR) is 181 cm³/mol. The molecule has 270 valence electrons. The van der Waals surface area contributed by atoms with Crippen LogP contribution >= 0.6 is 0 Å². The van der Waals surface area contributed by atoms with E-state index in [0.29, 0.717) is 56.7 Å². The molecule has 8 rings (SSSR count). The molecule has 0 aromatic heterocycles. The summed E-state index contributed by atoms with van der Waals surface area (Å²) in [7, 11) is 3.61. The summed E-state index contributed by atoms with van der Waals surface area (Å²) in [4.78, 5) is 28.9. The Bertz CT molecular complexity index is 1300. The Kier molecular flexibility index (Phi) is 8.02. The molecular weight excluding hydrogens is 606 g/mol. The minimum Gasteiger partial charge on any atom is -0.388 e. The SMILES string of the molecule is CC1CC(CCC(=O)N(C)C)OC2C1C1(C)CCC34CC35CCC(OC3CN(C(=O)CC6CC6)CCO3)C(C)(C)C5CCC4C1(N)C2O. The van der Waals surface area contributed by atoms with Gasteiger partial charge in [0.05, 0.1) is 43.1 Å². The number of amides is 2. The van der Waals surface area contributed by atoms with Gasteiger partial charge in [0, 0.05) is 33.5 Å². The second-order valence-electron chi connectivity index (χ2n) is 19.0. The molecule has 3 N–H and O–H groups in total. The van der Waals surface area contributed by atoms with Gasteiger partial charge in [0.2, 0.25) is 11.8 Å². The van der Waals surface area contributed by atoms with Gasteiger partial charge in [-0.25, -0.2) is 0 Å². The van der Waals surface area contributed by atoms with E-state index in [1.807, 2.05) is 4.90 Å². The Morgan fingerprint density at radius 1 is 1.02 bits per heavy atom. The van der Waals surface area contributed by atoms with Gasteiger partial charge in [0.25, 0.3) is 0 Å².